The molecule has 6 nitrogen and oxygen atoms in total. The van der Waals surface area contributed by atoms with Gasteiger partial charge in [0.15, 0.2) is 5.84 Å². The molecule has 1 amide bonds. The lowest BCUT2D eigenvalue weighted by molar-refractivity contribution is -0.114. The number of allylic oxidation sites excluding steroid dienone is 2. The Morgan fingerprint density at radius 3 is 2.56 bits per heavy atom. The van der Waals surface area contributed by atoms with Crippen LogP contribution in [0.5, 0.6) is 0 Å². The second-order valence-electron chi connectivity index (χ2n) is 6.43. The fourth-order valence-electron chi connectivity index (χ4n) is 2.76. The molecular formula is C18H21N3O3S. The Bertz CT molecular complexity index is 881. The summed E-state index contributed by atoms with van der Waals surface area (Å²) in [7, 11) is -1.85. The molecule has 0 bridgehead atoms. The SMILES string of the molecule is CC(C)c1ccc(N(C)C(=O)C2=CC=CN3CCS(=O)(=O)N=C23)cc1. The molecule has 2 aliphatic rings. The van der Waals surface area contributed by atoms with E-state index >= 15 is 0 Å². The van der Waals surface area contributed by atoms with Crippen LogP contribution in [0.3, 0.4) is 0 Å². The molecule has 25 heavy (non-hydrogen) atoms. The highest BCUT2D eigenvalue weighted by atomic mass is 32.2. The van der Waals surface area contributed by atoms with Crippen molar-refractivity contribution < 1.29 is 13.2 Å². The van der Waals surface area contributed by atoms with E-state index in [9.17, 15) is 13.2 Å². The van der Waals surface area contributed by atoms with Crippen LogP contribution >= 0.6 is 0 Å². The van der Waals surface area contributed by atoms with Crippen LogP contribution in [0.25, 0.3) is 0 Å². The van der Waals surface area contributed by atoms with Gasteiger partial charge in [-0.3, -0.25) is 4.79 Å². The average molecular weight is 359 g/mol. The van der Waals surface area contributed by atoms with Crippen LogP contribution in [-0.4, -0.2) is 44.4 Å². The summed E-state index contributed by atoms with van der Waals surface area (Å²) in [4.78, 5) is 16.1. The minimum atomic E-state index is -3.52. The Morgan fingerprint density at radius 1 is 1.24 bits per heavy atom. The van der Waals surface area contributed by atoms with Crippen LogP contribution in [0.15, 0.2) is 52.6 Å². The number of amidine groups is 1. The summed E-state index contributed by atoms with van der Waals surface area (Å²) in [5.74, 6) is 0.276. The first kappa shape index (κ1) is 17.4. The maximum absolute atomic E-state index is 12.9. The van der Waals surface area contributed by atoms with Crippen LogP contribution in [0.2, 0.25) is 0 Å². The summed E-state index contributed by atoms with van der Waals surface area (Å²) < 4.78 is 27.4. The smallest absolute Gasteiger partial charge is 0.261 e. The van der Waals surface area contributed by atoms with Crippen LogP contribution in [-0.2, 0) is 14.8 Å². The first-order valence-electron chi connectivity index (χ1n) is 8.14. The predicted molar refractivity (Wildman–Crippen MR) is 99.1 cm³/mol. The zero-order valence-corrected chi connectivity index (χ0v) is 15.3. The quantitative estimate of drug-likeness (QED) is 0.830. The van der Waals surface area contributed by atoms with Crippen molar-refractivity contribution >= 4 is 27.5 Å². The number of hydrogen-bond donors (Lipinski definition) is 0. The van der Waals surface area contributed by atoms with Crippen LogP contribution in [0.1, 0.15) is 25.3 Å². The molecule has 0 aromatic heterocycles. The van der Waals surface area contributed by atoms with E-state index in [-0.39, 0.29) is 23.1 Å². The number of amides is 1. The van der Waals surface area contributed by atoms with E-state index in [0.29, 0.717) is 12.5 Å². The molecule has 0 fully saturated rings. The number of nitrogens with zero attached hydrogens (tertiary/aromatic N) is 3. The minimum absolute atomic E-state index is 0.0468. The molecule has 1 aromatic rings. The Hall–Kier alpha value is -2.41. The molecule has 0 saturated carbocycles. The fourth-order valence-corrected chi connectivity index (χ4v) is 3.75. The lowest BCUT2D eigenvalue weighted by atomic mass is 10.0. The highest BCUT2D eigenvalue weighted by molar-refractivity contribution is 7.90. The Balaban J connectivity index is 1.90. The van der Waals surface area contributed by atoms with E-state index in [0.717, 1.165) is 5.69 Å². The normalized spacial score (nSPS) is 18.5. The van der Waals surface area contributed by atoms with Gasteiger partial charge in [0.2, 0.25) is 0 Å². The van der Waals surface area contributed by atoms with Gasteiger partial charge in [0.05, 0.1) is 11.3 Å². The van der Waals surface area contributed by atoms with E-state index in [1.807, 2.05) is 24.3 Å². The summed E-state index contributed by atoms with van der Waals surface area (Å²) in [6.45, 7) is 4.52. The minimum Gasteiger partial charge on any atom is -0.331 e. The number of fused-ring (bicyclic) bond motifs is 1. The second kappa shape index (κ2) is 6.48. The molecule has 0 spiro atoms. The Morgan fingerprint density at radius 2 is 1.92 bits per heavy atom. The molecule has 7 heteroatoms. The van der Waals surface area contributed by atoms with Crippen LogP contribution in [0, 0.1) is 0 Å². The van der Waals surface area contributed by atoms with Gasteiger partial charge in [0.25, 0.3) is 15.9 Å². The van der Waals surface area contributed by atoms with E-state index in [1.54, 1.807) is 30.3 Å². The summed E-state index contributed by atoms with van der Waals surface area (Å²) >= 11 is 0. The van der Waals surface area contributed by atoms with Gasteiger partial charge in [-0.15, -0.1) is 4.40 Å². The first-order valence-corrected chi connectivity index (χ1v) is 9.75. The fraction of sp³-hybridized carbons (Fsp3) is 0.333. The number of anilines is 1. The van der Waals surface area contributed by atoms with Gasteiger partial charge < -0.3 is 9.80 Å². The number of likely N-dealkylation sites (N-methyl/N-ethyl adjacent to an activating group) is 1. The number of carbonyl (C=O) groups excluding carboxylic acids is 1. The van der Waals surface area contributed by atoms with Gasteiger partial charge in [0.1, 0.15) is 0 Å². The van der Waals surface area contributed by atoms with Crippen molar-refractivity contribution in [3.63, 3.8) is 0 Å². The van der Waals surface area contributed by atoms with Crippen molar-refractivity contribution in [3.05, 3.63) is 53.8 Å². The number of benzene rings is 1. The van der Waals surface area contributed by atoms with Crippen molar-refractivity contribution in [3.8, 4) is 0 Å². The van der Waals surface area contributed by atoms with E-state index in [4.69, 9.17) is 0 Å². The van der Waals surface area contributed by atoms with E-state index < -0.39 is 10.0 Å². The van der Waals surface area contributed by atoms with Crippen LogP contribution in [0.4, 0.5) is 5.69 Å². The lowest BCUT2D eigenvalue weighted by Gasteiger charge is -2.30. The standard InChI is InChI=1S/C18H21N3O3S/c1-13(2)14-6-8-15(9-7-14)20(3)18(22)16-5-4-10-21-11-12-25(23,24)19-17(16)21/h4-10,13H,11-12H2,1-3H3. The van der Waals surface area contributed by atoms with Crippen molar-refractivity contribution in [2.24, 2.45) is 4.40 Å². The third-order valence-corrected chi connectivity index (χ3v) is 5.49. The largest absolute Gasteiger partial charge is 0.331 e. The number of sulfonamides is 1. The van der Waals surface area contributed by atoms with E-state index in [2.05, 4.69) is 18.2 Å². The van der Waals surface area contributed by atoms with Crippen molar-refractivity contribution in [1.29, 1.82) is 0 Å². The molecule has 0 radical (unpaired) electrons. The highest BCUT2D eigenvalue weighted by Gasteiger charge is 2.31. The van der Waals surface area contributed by atoms with Crippen molar-refractivity contribution in [2.45, 2.75) is 19.8 Å². The topological polar surface area (TPSA) is 70.1 Å². The van der Waals surface area contributed by atoms with E-state index in [1.165, 1.54) is 10.5 Å². The van der Waals surface area contributed by atoms with Gasteiger partial charge in [0, 0.05) is 25.5 Å². The summed E-state index contributed by atoms with van der Waals surface area (Å²) in [6.07, 6.45) is 5.08. The number of carbonyl (C=O) groups is 1. The first-order chi connectivity index (χ1) is 11.8. The second-order valence-corrected chi connectivity index (χ2v) is 8.18. The molecule has 0 saturated heterocycles. The van der Waals surface area contributed by atoms with Crippen molar-refractivity contribution in [1.82, 2.24) is 4.90 Å². The van der Waals surface area contributed by atoms with Gasteiger partial charge in [-0.1, -0.05) is 26.0 Å². The molecule has 0 unspecified atom stereocenters. The van der Waals surface area contributed by atoms with Gasteiger partial charge in [-0.25, -0.2) is 8.42 Å². The molecule has 2 heterocycles. The molecule has 2 aliphatic heterocycles. The lowest BCUT2D eigenvalue weighted by Crippen LogP contribution is -2.42. The molecule has 3 rings (SSSR count). The molecule has 0 atom stereocenters. The molecule has 0 aliphatic carbocycles. The monoisotopic (exact) mass is 359 g/mol. The zero-order chi connectivity index (χ0) is 18.2. The predicted octanol–water partition coefficient (Wildman–Crippen LogP) is 2.27. The van der Waals surface area contributed by atoms with Crippen LogP contribution < -0.4 is 4.90 Å². The molecule has 0 N–H and O–H groups in total. The molecule has 132 valence electrons. The number of rotatable bonds is 3. The summed E-state index contributed by atoms with van der Waals surface area (Å²) in [5, 5.41) is 0. The maximum Gasteiger partial charge on any atom is 0.261 e. The summed E-state index contributed by atoms with van der Waals surface area (Å²) in [6, 6.07) is 7.77. The highest BCUT2D eigenvalue weighted by Crippen LogP contribution is 2.23. The molecule has 1 aromatic carbocycles. The Labute approximate surface area is 148 Å². The summed E-state index contributed by atoms with van der Waals surface area (Å²) in [5.41, 5.74) is 2.22. The van der Waals surface area contributed by atoms with Gasteiger partial charge in [-0.05, 0) is 35.8 Å². The number of hydrogen-bond acceptors (Lipinski definition) is 4. The molecular weight excluding hydrogens is 338 g/mol. The van der Waals surface area contributed by atoms with Gasteiger partial charge in [-0.2, -0.15) is 0 Å². The zero-order valence-electron chi connectivity index (χ0n) is 14.5. The average Bonchev–Trinajstić information content (AvgIpc) is 2.59. The maximum atomic E-state index is 12.9. The van der Waals surface area contributed by atoms with Gasteiger partial charge >= 0.3 is 0 Å². The third-order valence-electron chi connectivity index (χ3n) is 4.34. The van der Waals surface area contributed by atoms with Crippen molar-refractivity contribution in [2.75, 3.05) is 24.2 Å². The Kier molecular flexibility index (Phi) is 4.51. The third kappa shape index (κ3) is 3.51.